The first-order valence-corrected chi connectivity index (χ1v) is 4.10. The van der Waals surface area contributed by atoms with E-state index in [1.165, 1.54) is 0 Å². The first kappa shape index (κ1) is 9.72. The molecule has 0 amide bonds. The molecule has 1 rings (SSSR count). The van der Waals surface area contributed by atoms with Gasteiger partial charge in [0.15, 0.2) is 0 Å². The molecule has 3 heteroatoms. The maximum atomic E-state index is 9.57. The molecule has 68 valence electrons. The third kappa shape index (κ3) is 2.55. The number of rotatable bonds is 3. The molecule has 0 bridgehead atoms. The maximum absolute atomic E-state index is 9.57. The zero-order valence-corrected chi connectivity index (χ0v) is 7.49. The average molecular weight is 176 g/mol. The summed E-state index contributed by atoms with van der Waals surface area (Å²) in [6.45, 7) is 0.495. The van der Waals surface area contributed by atoms with Crippen molar-refractivity contribution in [2.75, 3.05) is 13.6 Å². The van der Waals surface area contributed by atoms with Crippen LogP contribution in [0.3, 0.4) is 0 Å². The molecule has 0 heterocycles. The molecule has 3 nitrogen and oxygen atoms in total. The van der Waals surface area contributed by atoms with E-state index in [0.29, 0.717) is 12.1 Å². The lowest BCUT2D eigenvalue weighted by atomic mass is 10.1. The molecule has 1 aromatic carbocycles. The fourth-order valence-corrected chi connectivity index (χ4v) is 1.13. The van der Waals surface area contributed by atoms with E-state index in [1.54, 1.807) is 25.2 Å². The highest BCUT2D eigenvalue weighted by molar-refractivity contribution is 5.33. The number of hydrogen-bond donors (Lipinski definition) is 2. The van der Waals surface area contributed by atoms with E-state index in [9.17, 15) is 5.11 Å². The van der Waals surface area contributed by atoms with E-state index < -0.39 is 6.10 Å². The third-order valence-corrected chi connectivity index (χ3v) is 1.80. The Kier molecular flexibility index (Phi) is 3.44. The van der Waals surface area contributed by atoms with Gasteiger partial charge in [-0.1, -0.05) is 12.1 Å². The monoisotopic (exact) mass is 176 g/mol. The fourth-order valence-electron chi connectivity index (χ4n) is 1.13. The lowest BCUT2D eigenvalue weighted by molar-refractivity contribution is 0.178. The van der Waals surface area contributed by atoms with Crippen molar-refractivity contribution < 1.29 is 5.11 Å². The largest absolute Gasteiger partial charge is 0.387 e. The van der Waals surface area contributed by atoms with Crippen LogP contribution in [-0.4, -0.2) is 18.7 Å². The number of nitrogens with zero attached hydrogens (tertiary/aromatic N) is 1. The molecule has 0 spiro atoms. The van der Waals surface area contributed by atoms with E-state index >= 15 is 0 Å². The molecule has 0 aromatic heterocycles. The van der Waals surface area contributed by atoms with Crippen LogP contribution in [0.5, 0.6) is 0 Å². The number of aliphatic hydroxyl groups is 1. The minimum absolute atomic E-state index is 0.495. The molecule has 1 aromatic rings. The highest BCUT2D eigenvalue weighted by atomic mass is 16.3. The van der Waals surface area contributed by atoms with Crippen LogP contribution in [-0.2, 0) is 0 Å². The molecule has 0 aliphatic rings. The Balaban J connectivity index is 2.83. The second kappa shape index (κ2) is 4.61. The molecular weight excluding hydrogens is 164 g/mol. The van der Waals surface area contributed by atoms with E-state index in [4.69, 9.17) is 5.26 Å². The predicted molar refractivity (Wildman–Crippen MR) is 50.0 cm³/mol. The molecule has 13 heavy (non-hydrogen) atoms. The van der Waals surface area contributed by atoms with Crippen LogP contribution in [0.15, 0.2) is 24.3 Å². The van der Waals surface area contributed by atoms with Gasteiger partial charge in [-0.05, 0) is 24.7 Å². The van der Waals surface area contributed by atoms with Gasteiger partial charge in [0.25, 0.3) is 0 Å². The second-order valence-corrected chi connectivity index (χ2v) is 2.81. The van der Waals surface area contributed by atoms with Crippen LogP contribution in [0.25, 0.3) is 0 Å². The van der Waals surface area contributed by atoms with Gasteiger partial charge in [0.1, 0.15) is 0 Å². The van der Waals surface area contributed by atoms with Crippen LogP contribution in [0.4, 0.5) is 0 Å². The molecule has 0 aliphatic carbocycles. The Morgan fingerprint density at radius 2 is 2.38 bits per heavy atom. The average Bonchev–Trinajstić information content (AvgIpc) is 2.18. The summed E-state index contributed by atoms with van der Waals surface area (Å²) in [5, 5.41) is 21.1. The SMILES string of the molecule is CNC[C@@H](O)c1cccc(C#N)c1. The van der Waals surface area contributed by atoms with Crippen molar-refractivity contribution in [1.82, 2.24) is 5.32 Å². The predicted octanol–water partition coefficient (Wildman–Crippen LogP) is 0.811. The van der Waals surface area contributed by atoms with Gasteiger partial charge in [-0.25, -0.2) is 0 Å². The zero-order valence-electron chi connectivity index (χ0n) is 7.49. The van der Waals surface area contributed by atoms with Crippen molar-refractivity contribution in [2.24, 2.45) is 0 Å². The molecule has 2 N–H and O–H groups in total. The van der Waals surface area contributed by atoms with Crippen molar-refractivity contribution in [3.8, 4) is 6.07 Å². The molecule has 0 aliphatic heterocycles. The van der Waals surface area contributed by atoms with Gasteiger partial charge in [0, 0.05) is 6.54 Å². The molecular formula is C10H12N2O. The summed E-state index contributed by atoms with van der Waals surface area (Å²) in [4.78, 5) is 0. The Morgan fingerprint density at radius 1 is 1.62 bits per heavy atom. The van der Waals surface area contributed by atoms with Gasteiger partial charge < -0.3 is 10.4 Å². The van der Waals surface area contributed by atoms with Gasteiger partial charge in [0.2, 0.25) is 0 Å². The van der Waals surface area contributed by atoms with Crippen LogP contribution in [0.2, 0.25) is 0 Å². The molecule has 1 atom stereocenters. The maximum Gasteiger partial charge on any atom is 0.0991 e. The van der Waals surface area contributed by atoms with Gasteiger partial charge in [0.05, 0.1) is 17.7 Å². The number of benzene rings is 1. The summed E-state index contributed by atoms with van der Waals surface area (Å²) in [5.74, 6) is 0. The lowest BCUT2D eigenvalue weighted by Gasteiger charge is -2.09. The molecule has 0 fully saturated rings. The first-order chi connectivity index (χ1) is 6.27. The number of nitriles is 1. The fraction of sp³-hybridized carbons (Fsp3) is 0.300. The van der Waals surface area contributed by atoms with Crippen LogP contribution in [0, 0.1) is 11.3 Å². The number of hydrogen-bond acceptors (Lipinski definition) is 3. The van der Waals surface area contributed by atoms with Gasteiger partial charge in [-0.15, -0.1) is 0 Å². The Morgan fingerprint density at radius 3 is 3.00 bits per heavy atom. The topological polar surface area (TPSA) is 56.0 Å². The van der Waals surface area contributed by atoms with E-state index in [1.807, 2.05) is 12.1 Å². The van der Waals surface area contributed by atoms with Crippen molar-refractivity contribution >= 4 is 0 Å². The smallest absolute Gasteiger partial charge is 0.0991 e. The summed E-state index contributed by atoms with van der Waals surface area (Å²) < 4.78 is 0. The quantitative estimate of drug-likeness (QED) is 0.716. The highest BCUT2D eigenvalue weighted by Crippen LogP contribution is 2.12. The van der Waals surface area contributed by atoms with Gasteiger partial charge >= 0.3 is 0 Å². The minimum atomic E-state index is -0.543. The van der Waals surface area contributed by atoms with E-state index in [-0.39, 0.29) is 0 Å². The summed E-state index contributed by atoms with van der Waals surface area (Å²) in [7, 11) is 1.78. The third-order valence-electron chi connectivity index (χ3n) is 1.80. The summed E-state index contributed by atoms with van der Waals surface area (Å²) in [6, 6.07) is 9.03. The van der Waals surface area contributed by atoms with E-state index in [2.05, 4.69) is 5.32 Å². The molecule has 0 unspecified atom stereocenters. The second-order valence-electron chi connectivity index (χ2n) is 2.81. The first-order valence-electron chi connectivity index (χ1n) is 4.10. The minimum Gasteiger partial charge on any atom is -0.387 e. The summed E-state index contributed by atoms with van der Waals surface area (Å²) >= 11 is 0. The zero-order chi connectivity index (χ0) is 9.68. The number of nitrogens with one attached hydrogen (secondary N) is 1. The van der Waals surface area contributed by atoms with Crippen molar-refractivity contribution in [1.29, 1.82) is 5.26 Å². The van der Waals surface area contributed by atoms with E-state index in [0.717, 1.165) is 5.56 Å². The van der Waals surface area contributed by atoms with Crippen LogP contribution >= 0.6 is 0 Å². The van der Waals surface area contributed by atoms with Crippen molar-refractivity contribution in [3.63, 3.8) is 0 Å². The van der Waals surface area contributed by atoms with Crippen LogP contribution < -0.4 is 5.32 Å². The normalized spacial score (nSPS) is 12.1. The van der Waals surface area contributed by atoms with Crippen molar-refractivity contribution in [3.05, 3.63) is 35.4 Å². The van der Waals surface area contributed by atoms with Crippen molar-refractivity contribution in [2.45, 2.75) is 6.10 Å². The highest BCUT2D eigenvalue weighted by Gasteiger charge is 2.05. The Bertz CT molecular complexity index is 317. The van der Waals surface area contributed by atoms with Gasteiger partial charge in [-0.3, -0.25) is 0 Å². The summed E-state index contributed by atoms with van der Waals surface area (Å²) in [6.07, 6.45) is -0.543. The molecule has 0 saturated carbocycles. The Labute approximate surface area is 77.6 Å². The number of likely N-dealkylation sites (N-methyl/N-ethyl adjacent to an activating group) is 1. The van der Waals surface area contributed by atoms with Gasteiger partial charge in [-0.2, -0.15) is 5.26 Å². The standard InChI is InChI=1S/C10H12N2O/c1-12-7-10(13)9-4-2-3-8(5-9)6-11/h2-5,10,12-13H,7H2,1H3/t10-/m1/s1. The molecule has 0 radical (unpaired) electrons. The molecule has 0 saturated heterocycles. The summed E-state index contributed by atoms with van der Waals surface area (Å²) in [5.41, 5.74) is 1.35. The van der Waals surface area contributed by atoms with Crippen LogP contribution in [0.1, 0.15) is 17.2 Å². The number of aliphatic hydroxyl groups excluding tert-OH is 1. The Hall–Kier alpha value is -1.37. The lowest BCUT2D eigenvalue weighted by Crippen LogP contribution is -2.16.